The second-order valence-electron chi connectivity index (χ2n) is 2.96. The van der Waals surface area contributed by atoms with E-state index >= 15 is 0 Å². The summed E-state index contributed by atoms with van der Waals surface area (Å²) in [4.78, 5) is 17.5. The van der Waals surface area contributed by atoms with Gasteiger partial charge in [0.05, 0.1) is 6.54 Å². The minimum absolute atomic E-state index is 0.391. The first-order valence-electron chi connectivity index (χ1n) is 4.26. The summed E-state index contributed by atoms with van der Waals surface area (Å²) < 4.78 is 0. The number of isocyanates is 1. The van der Waals surface area contributed by atoms with Crippen molar-refractivity contribution in [1.29, 1.82) is 0 Å². The third kappa shape index (κ3) is 1.68. The average molecular weight is 184 g/mol. The van der Waals surface area contributed by atoms with Crippen LogP contribution in [-0.4, -0.2) is 11.1 Å². The van der Waals surface area contributed by atoms with Gasteiger partial charge in [-0.15, -0.1) is 0 Å². The van der Waals surface area contributed by atoms with E-state index in [0.29, 0.717) is 6.54 Å². The highest BCUT2D eigenvalue weighted by atomic mass is 16.1. The number of fused-ring (bicyclic) bond motifs is 1. The van der Waals surface area contributed by atoms with Gasteiger partial charge in [-0.2, -0.15) is 0 Å². The summed E-state index contributed by atoms with van der Waals surface area (Å²) in [6.07, 6.45) is 5.08. The molecule has 0 aliphatic rings. The van der Waals surface area contributed by atoms with E-state index in [2.05, 4.69) is 9.98 Å². The van der Waals surface area contributed by atoms with Gasteiger partial charge in [0.2, 0.25) is 6.08 Å². The molecule has 68 valence electrons. The predicted molar refractivity (Wildman–Crippen MR) is 53.6 cm³/mol. The van der Waals surface area contributed by atoms with Crippen molar-refractivity contribution in [2.24, 2.45) is 4.99 Å². The van der Waals surface area contributed by atoms with Crippen molar-refractivity contribution in [1.82, 2.24) is 4.98 Å². The van der Waals surface area contributed by atoms with Crippen molar-refractivity contribution in [3.63, 3.8) is 0 Å². The Morgan fingerprint density at radius 1 is 1.29 bits per heavy atom. The lowest BCUT2D eigenvalue weighted by atomic mass is 10.1. The Balaban J connectivity index is 2.45. The Labute approximate surface area is 81.1 Å². The molecule has 3 heteroatoms. The van der Waals surface area contributed by atoms with E-state index < -0.39 is 0 Å². The van der Waals surface area contributed by atoms with E-state index in [1.165, 1.54) is 6.08 Å². The highest BCUT2D eigenvalue weighted by Gasteiger charge is 1.94. The number of benzene rings is 1. The third-order valence-corrected chi connectivity index (χ3v) is 2.03. The number of hydrogen-bond acceptors (Lipinski definition) is 3. The number of nitrogens with zero attached hydrogens (tertiary/aromatic N) is 2. The van der Waals surface area contributed by atoms with Gasteiger partial charge in [-0.3, -0.25) is 4.98 Å². The van der Waals surface area contributed by atoms with Crippen LogP contribution in [0.4, 0.5) is 0 Å². The molecule has 0 atom stereocenters. The van der Waals surface area contributed by atoms with Crippen molar-refractivity contribution in [3.05, 3.63) is 42.2 Å². The molecule has 0 saturated carbocycles. The fourth-order valence-electron chi connectivity index (χ4n) is 1.35. The summed E-state index contributed by atoms with van der Waals surface area (Å²) in [5, 5.41) is 2.20. The lowest BCUT2D eigenvalue weighted by Gasteiger charge is -1.98. The van der Waals surface area contributed by atoms with Crippen molar-refractivity contribution >= 4 is 16.9 Å². The highest BCUT2D eigenvalue weighted by molar-refractivity contribution is 5.81. The molecule has 2 aromatic rings. The highest BCUT2D eigenvalue weighted by Crippen LogP contribution is 2.14. The minimum Gasteiger partial charge on any atom is -0.264 e. The normalized spacial score (nSPS) is 9.71. The Morgan fingerprint density at radius 2 is 2.21 bits per heavy atom. The Morgan fingerprint density at radius 3 is 3.07 bits per heavy atom. The smallest absolute Gasteiger partial charge is 0.235 e. The predicted octanol–water partition coefficient (Wildman–Crippen LogP) is 2.07. The molecule has 0 unspecified atom stereocenters. The Hall–Kier alpha value is -1.99. The quantitative estimate of drug-likeness (QED) is 0.529. The molecule has 1 aromatic heterocycles. The molecule has 0 aliphatic heterocycles. The molecule has 0 saturated heterocycles. The van der Waals surface area contributed by atoms with Crippen LogP contribution >= 0.6 is 0 Å². The monoisotopic (exact) mass is 184 g/mol. The van der Waals surface area contributed by atoms with Crippen LogP contribution < -0.4 is 0 Å². The lowest BCUT2D eigenvalue weighted by Crippen LogP contribution is -1.82. The van der Waals surface area contributed by atoms with Gasteiger partial charge in [0, 0.05) is 17.8 Å². The van der Waals surface area contributed by atoms with Crippen LogP contribution in [0.1, 0.15) is 5.56 Å². The van der Waals surface area contributed by atoms with Crippen molar-refractivity contribution < 1.29 is 4.79 Å². The molecule has 1 aromatic carbocycles. The molecule has 0 aliphatic carbocycles. The second-order valence-corrected chi connectivity index (χ2v) is 2.96. The van der Waals surface area contributed by atoms with E-state index in [1.54, 1.807) is 6.20 Å². The van der Waals surface area contributed by atoms with Crippen molar-refractivity contribution in [3.8, 4) is 0 Å². The van der Waals surface area contributed by atoms with Crippen LogP contribution in [0.25, 0.3) is 10.8 Å². The zero-order valence-electron chi connectivity index (χ0n) is 7.47. The summed E-state index contributed by atoms with van der Waals surface area (Å²) in [6, 6.07) is 7.84. The van der Waals surface area contributed by atoms with Crippen molar-refractivity contribution in [2.45, 2.75) is 6.54 Å². The SMILES string of the molecule is O=C=NCc1ccc2cnccc2c1. The molecule has 2 rings (SSSR count). The van der Waals surface area contributed by atoms with Crippen LogP contribution in [0.3, 0.4) is 0 Å². The Kier molecular flexibility index (Phi) is 2.34. The minimum atomic E-state index is 0.391. The summed E-state index contributed by atoms with van der Waals surface area (Å²) in [7, 11) is 0. The van der Waals surface area contributed by atoms with Gasteiger partial charge >= 0.3 is 0 Å². The number of hydrogen-bond donors (Lipinski definition) is 0. The molecule has 0 fully saturated rings. The van der Waals surface area contributed by atoms with Gasteiger partial charge in [-0.1, -0.05) is 12.1 Å². The number of aliphatic imine (C=N–C) groups is 1. The molecule has 3 nitrogen and oxygen atoms in total. The van der Waals surface area contributed by atoms with E-state index in [9.17, 15) is 4.79 Å². The van der Waals surface area contributed by atoms with Crippen LogP contribution in [0.2, 0.25) is 0 Å². The number of rotatable bonds is 2. The summed E-state index contributed by atoms with van der Waals surface area (Å²) in [5.74, 6) is 0. The summed E-state index contributed by atoms with van der Waals surface area (Å²) >= 11 is 0. The fourth-order valence-corrected chi connectivity index (χ4v) is 1.35. The molecule has 0 radical (unpaired) electrons. The van der Waals surface area contributed by atoms with Gasteiger partial charge in [0.25, 0.3) is 0 Å². The summed E-state index contributed by atoms with van der Waals surface area (Å²) in [5.41, 5.74) is 1.01. The molecule has 0 N–H and O–H groups in total. The van der Waals surface area contributed by atoms with Crippen LogP contribution in [0.15, 0.2) is 41.7 Å². The zero-order chi connectivity index (χ0) is 9.80. The topological polar surface area (TPSA) is 42.3 Å². The number of carbonyl (C=O) groups excluding carboxylic acids is 1. The van der Waals surface area contributed by atoms with Gasteiger partial charge in [-0.25, -0.2) is 9.79 Å². The van der Waals surface area contributed by atoms with Crippen LogP contribution in [-0.2, 0) is 11.3 Å². The molecule has 0 amide bonds. The van der Waals surface area contributed by atoms with E-state index in [1.807, 2.05) is 30.5 Å². The first-order valence-corrected chi connectivity index (χ1v) is 4.26. The third-order valence-electron chi connectivity index (χ3n) is 2.03. The fraction of sp³-hybridized carbons (Fsp3) is 0.0909. The molecular formula is C11H8N2O. The average Bonchev–Trinajstić information content (AvgIpc) is 2.26. The number of aromatic nitrogens is 1. The maximum atomic E-state index is 9.94. The van der Waals surface area contributed by atoms with Gasteiger partial charge < -0.3 is 0 Å². The molecule has 1 heterocycles. The zero-order valence-corrected chi connectivity index (χ0v) is 7.47. The maximum Gasteiger partial charge on any atom is 0.235 e. The van der Waals surface area contributed by atoms with Crippen LogP contribution in [0.5, 0.6) is 0 Å². The standard InChI is InChI=1S/C11H8N2O/c14-8-13-6-9-1-2-11-7-12-4-3-10(11)5-9/h1-5,7H,6H2. The van der Waals surface area contributed by atoms with E-state index in [-0.39, 0.29) is 0 Å². The molecule has 0 spiro atoms. The van der Waals surface area contributed by atoms with Crippen molar-refractivity contribution in [2.75, 3.05) is 0 Å². The molecule has 0 bridgehead atoms. The Bertz CT molecular complexity index is 501. The maximum absolute atomic E-state index is 9.94. The first-order chi connectivity index (χ1) is 6.90. The van der Waals surface area contributed by atoms with Gasteiger partial charge in [0.1, 0.15) is 0 Å². The van der Waals surface area contributed by atoms with E-state index in [4.69, 9.17) is 0 Å². The van der Waals surface area contributed by atoms with Crippen LogP contribution in [0, 0.1) is 0 Å². The second kappa shape index (κ2) is 3.81. The largest absolute Gasteiger partial charge is 0.264 e. The van der Waals surface area contributed by atoms with Gasteiger partial charge in [-0.05, 0) is 23.1 Å². The lowest BCUT2D eigenvalue weighted by molar-refractivity contribution is 0.563. The first kappa shape index (κ1) is 8.60. The number of pyridine rings is 1. The van der Waals surface area contributed by atoms with E-state index in [0.717, 1.165) is 16.3 Å². The van der Waals surface area contributed by atoms with Gasteiger partial charge in [0.15, 0.2) is 0 Å². The molecular weight excluding hydrogens is 176 g/mol. The molecule has 14 heavy (non-hydrogen) atoms. The summed E-state index contributed by atoms with van der Waals surface area (Å²) in [6.45, 7) is 0.391.